The molecule has 0 unspecified atom stereocenters. The number of aliphatic hydroxyl groups excluding tert-OH is 14. The van der Waals surface area contributed by atoms with Gasteiger partial charge in [0.25, 0.3) is 0 Å². The van der Waals surface area contributed by atoms with E-state index < -0.39 is 172 Å². The van der Waals surface area contributed by atoms with Crippen LogP contribution >= 0.6 is 0 Å². The summed E-state index contributed by atoms with van der Waals surface area (Å²) in [5.41, 5.74) is -1.27. The molecule has 0 aromatic carbocycles. The van der Waals surface area contributed by atoms with Gasteiger partial charge in [0.1, 0.15) is 97.7 Å². The average molecular weight is 1110 g/mol. The van der Waals surface area contributed by atoms with Gasteiger partial charge in [-0.2, -0.15) is 0 Å². The van der Waals surface area contributed by atoms with Gasteiger partial charge in [-0.3, -0.25) is 4.79 Å². The van der Waals surface area contributed by atoms with Crippen molar-refractivity contribution in [3.05, 3.63) is 11.6 Å². The largest absolute Gasteiger partial charge is 0.432 e. The van der Waals surface area contributed by atoms with Crippen LogP contribution in [0.25, 0.3) is 0 Å². The first kappa shape index (κ1) is 60.0. The molecule has 0 spiro atoms. The van der Waals surface area contributed by atoms with E-state index in [4.69, 9.17) is 37.9 Å². The monoisotopic (exact) mass is 1100 g/mol. The lowest BCUT2D eigenvalue weighted by atomic mass is 9.33. The van der Waals surface area contributed by atoms with Crippen LogP contribution in [0.3, 0.4) is 0 Å². The van der Waals surface area contributed by atoms with E-state index in [-0.39, 0.29) is 39.4 Å². The summed E-state index contributed by atoms with van der Waals surface area (Å²) in [6.07, 6.45) is -25.0. The average Bonchev–Trinajstić information content (AvgIpc) is 3.55. The molecule has 4 saturated carbocycles. The molecule has 9 rings (SSSR count). The predicted octanol–water partition coefficient (Wildman–Crippen LogP) is -2.04. The summed E-state index contributed by atoms with van der Waals surface area (Å²) in [5.74, 6) is -0.507. The highest BCUT2D eigenvalue weighted by Crippen LogP contribution is 2.76. The number of ether oxygens (including phenoxy) is 8. The van der Waals surface area contributed by atoms with Crippen LogP contribution in [-0.2, 0) is 42.7 Å². The molecule has 0 aromatic heterocycles. The van der Waals surface area contributed by atoms with Gasteiger partial charge in [0.05, 0.1) is 37.9 Å². The third-order valence-electron chi connectivity index (χ3n) is 21.4. The van der Waals surface area contributed by atoms with E-state index in [0.717, 1.165) is 32.1 Å². The lowest BCUT2D eigenvalue weighted by Crippen LogP contribution is -2.68. The fraction of sp³-hybridized carbons (Fsp3) is 0.944. The summed E-state index contributed by atoms with van der Waals surface area (Å²) >= 11 is 0. The van der Waals surface area contributed by atoms with Crippen LogP contribution < -0.4 is 0 Å². The Labute approximate surface area is 449 Å². The number of rotatable bonds is 12. The molecule has 0 bridgehead atoms. The number of hydrogen-bond acceptors (Lipinski definition) is 23. The molecule has 28 atom stereocenters. The van der Waals surface area contributed by atoms with Gasteiger partial charge < -0.3 is 109 Å². The number of hydrogen-bond donors (Lipinski definition) is 14. The van der Waals surface area contributed by atoms with E-state index in [1.807, 2.05) is 0 Å². The second-order valence-corrected chi connectivity index (χ2v) is 26.3. The Kier molecular flexibility index (Phi) is 17.0. The Morgan fingerprint density at radius 2 is 1.00 bits per heavy atom. The maximum Gasteiger partial charge on any atom is 0.315 e. The number of allylic oxidation sites excluding steroid dienone is 2. The first-order chi connectivity index (χ1) is 36.1. The Balaban J connectivity index is 0.995. The minimum absolute atomic E-state index is 0.0454. The number of esters is 1. The Morgan fingerprint density at radius 3 is 1.55 bits per heavy atom. The van der Waals surface area contributed by atoms with Gasteiger partial charge >= 0.3 is 5.97 Å². The van der Waals surface area contributed by atoms with Gasteiger partial charge in [-0.15, -0.1) is 0 Å². The van der Waals surface area contributed by atoms with Crippen molar-refractivity contribution in [3.8, 4) is 0 Å². The lowest BCUT2D eigenvalue weighted by molar-refractivity contribution is -0.399. The summed E-state index contributed by atoms with van der Waals surface area (Å²) in [5, 5.41) is 149. The minimum Gasteiger partial charge on any atom is -0.432 e. The highest BCUT2D eigenvalue weighted by atomic mass is 16.8. The Hall–Kier alpha value is -1.63. The molecule has 23 nitrogen and oxygen atoms in total. The molecule has 8 fully saturated rings. The third-order valence-corrected chi connectivity index (χ3v) is 21.4. The van der Waals surface area contributed by atoms with Crippen LogP contribution in [0.4, 0.5) is 0 Å². The second-order valence-electron chi connectivity index (χ2n) is 26.3. The van der Waals surface area contributed by atoms with Gasteiger partial charge in [0.2, 0.25) is 6.29 Å². The number of carbonyl (C=O) groups excluding carboxylic acids is 1. The van der Waals surface area contributed by atoms with Crippen molar-refractivity contribution < 1.29 is 114 Å². The van der Waals surface area contributed by atoms with Crippen molar-refractivity contribution in [2.24, 2.45) is 50.2 Å². The third kappa shape index (κ3) is 9.80. The second kappa shape index (κ2) is 21.8. The SMILES string of the molecule is CC1(C)CC[C@]2(C(=O)O[C@H]3O[C@@H](CO)[C@H](O)[C@@H](O)[C@@H]3O)CC[C@]3(C)C(=CC[C@@H]4[C@@]5(C)CC[C@H](O[C@H]6O[C@@H](CO)[C@H](O)[C@@H](O[C@H]7O[C@@H](CO)[C@@H](O)[C@@H](O)[C@@H]7O)[C@@H]6O[C@H]6O[C@@H](CO)[C@H](O)[C@@H](O)[C@@H]6O)C(C)(C)[C@@H]5CC[C@]43C)[C@H]2C1. The Bertz CT molecular complexity index is 2110. The topological polar surface area (TPSA) is 374 Å². The van der Waals surface area contributed by atoms with Gasteiger partial charge in [0, 0.05) is 0 Å². The molecule has 0 amide bonds. The van der Waals surface area contributed by atoms with Gasteiger partial charge in [-0.25, -0.2) is 0 Å². The lowest BCUT2D eigenvalue weighted by Gasteiger charge is -2.71. The fourth-order valence-electron chi connectivity index (χ4n) is 16.5. The molecule has 14 N–H and O–H groups in total. The van der Waals surface area contributed by atoms with E-state index in [1.54, 1.807) is 0 Å². The molecule has 4 aliphatic heterocycles. The molecule has 9 aliphatic rings. The van der Waals surface area contributed by atoms with Crippen molar-refractivity contribution in [2.45, 2.75) is 242 Å². The van der Waals surface area contributed by atoms with Crippen LogP contribution in [-0.4, -0.2) is 233 Å². The highest BCUT2D eigenvalue weighted by Gasteiger charge is 2.70. The number of fused-ring (bicyclic) bond motifs is 7. The molecule has 4 heterocycles. The number of carbonyl (C=O) groups is 1. The fourth-order valence-corrected chi connectivity index (χ4v) is 16.5. The zero-order chi connectivity index (χ0) is 56.3. The zero-order valence-corrected chi connectivity index (χ0v) is 45.3. The van der Waals surface area contributed by atoms with E-state index in [9.17, 15) is 76.3 Å². The van der Waals surface area contributed by atoms with Crippen LogP contribution in [0.5, 0.6) is 0 Å². The normalized spacial score (nSPS) is 53.4. The highest BCUT2D eigenvalue weighted by molar-refractivity contribution is 5.79. The molecular weight excluding hydrogens is 1020 g/mol. The molecule has 0 aromatic rings. The maximum atomic E-state index is 14.8. The quantitative estimate of drug-likeness (QED) is 0.0569. The standard InChI is InChI=1S/C54H88O23/c1-49(2)14-16-54(48(69)77-46-41(68)38(65)34(61)27(21-57)72-46)17-15-52(6)23(24(54)18-49)8-9-30-51(5)12-11-31(50(3,4)29(51)10-13-53(30,52)7)74-47-43(76-45-40(67)37(64)33(60)26(20-56)71-45)42(35(62)28(22-58)73-47)75-44-39(66)36(63)32(59)25(19-55)70-44/h8,24-47,55-68H,9-22H2,1-7H3/t24-,25+,26+,27+,28+,29+,30-,31+,32-,33+,34+,35+,36-,37-,38-,39+,40+,41+,42-,43+,44-,45-,46-,47-,51+,52-,53-,54+/m1/s1. The molecule has 23 heteroatoms. The van der Waals surface area contributed by atoms with Crippen LogP contribution in [0.15, 0.2) is 11.6 Å². The Morgan fingerprint density at radius 1 is 0.519 bits per heavy atom. The van der Waals surface area contributed by atoms with E-state index in [1.165, 1.54) is 5.57 Å². The van der Waals surface area contributed by atoms with Crippen molar-refractivity contribution >= 4 is 5.97 Å². The van der Waals surface area contributed by atoms with Gasteiger partial charge in [0.15, 0.2) is 18.9 Å². The first-order valence-electron chi connectivity index (χ1n) is 27.8. The van der Waals surface area contributed by atoms with E-state index in [0.29, 0.717) is 32.1 Å². The van der Waals surface area contributed by atoms with Crippen molar-refractivity contribution in [1.82, 2.24) is 0 Å². The summed E-state index contributed by atoms with van der Waals surface area (Å²) in [7, 11) is 0. The van der Waals surface area contributed by atoms with Crippen molar-refractivity contribution in [1.29, 1.82) is 0 Å². The summed E-state index contributed by atoms with van der Waals surface area (Å²) in [6.45, 7) is 12.8. The van der Waals surface area contributed by atoms with E-state index >= 15 is 0 Å². The van der Waals surface area contributed by atoms with Gasteiger partial charge in [-0.05, 0) is 109 Å². The van der Waals surface area contributed by atoms with Gasteiger partial charge in [-0.1, -0.05) is 60.1 Å². The molecule has 4 saturated heterocycles. The van der Waals surface area contributed by atoms with Crippen LogP contribution in [0.2, 0.25) is 0 Å². The van der Waals surface area contributed by atoms with Crippen molar-refractivity contribution in [3.63, 3.8) is 0 Å². The van der Waals surface area contributed by atoms with Crippen molar-refractivity contribution in [2.75, 3.05) is 26.4 Å². The molecule has 0 radical (unpaired) electrons. The smallest absolute Gasteiger partial charge is 0.315 e. The minimum atomic E-state index is -1.94. The summed E-state index contributed by atoms with van der Waals surface area (Å²) in [4.78, 5) is 14.8. The van der Waals surface area contributed by atoms with Crippen LogP contribution in [0, 0.1) is 50.2 Å². The molecular formula is C54H88O23. The zero-order valence-electron chi connectivity index (χ0n) is 45.3. The molecule has 77 heavy (non-hydrogen) atoms. The molecule has 442 valence electrons. The predicted molar refractivity (Wildman–Crippen MR) is 263 cm³/mol. The van der Waals surface area contributed by atoms with Crippen LogP contribution in [0.1, 0.15) is 113 Å². The number of aliphatic hydroxyl groups is 14. The molecule has 5 aliphatic carbocycles. The summed E-state index contributed by atoms with van der Waals surface area (Å²) < 4.78 is 48.9. The first-order valence-corrected chi connectivity index (χ1v) is 27.8. The summed E-state index contributed by atoms with van der Waals surface area (Å²) in [6, 6.07) is 0. The maximum absolute atomic E-state index is 14.8. The van der Waals surface area contributed by atoms with E-state index in [2.05, 4.69) is 54.5 Å².